The molecule has 106 valence electrons. The quantitative estimate of drug-likeness (QED) is 0.814. The van der Waals surface area contributed by atoms with Crippen molar-refractivity contribution in [1.82, 2.24) is 4.90 Å². The third-order valence-corrected chi connectivity index (χ3v) is 3.89. The third-order valence-electron chi connectivity index (χ3n) is 3.18. The molecular formula is C14H22N2O2S. The Kier molecular flexibility index (Phi) is 6.02. The number of benzene rings is 1. The molecule has 1 rings (SSSR count). The average molecular weight is 282 g/mol. The predicted octanol–water partition coefficient (Wildman–Crippen LogP) is 2.49. The molecule has 0 aliphatic rings. The number of nitrogen functional groups attached to an aromatic ring is 1. The Morgan fingerprint density at radius 2 is 2.21 bits per heavy atom. The molecule has 0 aliphatic heterocycles. The summed E-state index contributed by atoms with van der Waals surface area (Å²) in [5.41, 5.74) is 6.92. The topological polar surface area (TPSA) is 55.6 Å². The number of carbonyl (C=O) groups excluding carboxylic acids is 1. The Morgan fingerprint density at radius 1 is 1.53 bits per heavy atom. The zero-order chi connectivity index (χ0) is 14.4. The Bertz CT molecular complexity index is 437. The van der Waals surface area contributed by atoms with Gasteiger partial charge in [-0.15, -0.1) is 0 Å². The van der Waals surface area contributed by atoms with Crippen molar-refractivity contribution in [3.63, 3.8) is 0 Å². The van der Waals surface area contributed by atoms with Gasteiger partial charge < -0.3 is 15.4 Å². The SMILES string of the molecule is CCC(CSC)N(C)C(=O)c1ccc(OC)c(N)c1. The van der Waals surface area contributed by atoms with Crippen LogP contribution in [0.15, 0.2) is 18.2 Å². The van der Waals surface area contributed by atoms with E-state index in [0.29, 0.717) is 17.0 Å². The summed E-state index contributed by atoms with van der Waals surface area (Å²) in [6.07, 6.45) is 2.99. The van der Waals surface area contributed by atoms with Gasteiger partial charge in [0.15, 0.2) is 0 Å². The summed E-state index contributed by atoms with van der Waals surface area (Å²) in [5, 5.41) is 0. The molecule has 1 unspecified atom stereocenters. The summed E-state index contributed by atoms with van der Waals surface area (Å²) in [4.78, 5) is 14.2. The van der Waals surface area contributed by atoms with Gasteiger partial charge in [0, 0.05) is 24.4 Å². The van der Waals surface area contributed by atoms with Gasteiger partial charge in [0.1, 0.15) is 5.75 Å². The highest BCUT2D eigenvalue weighted by atomic mass is 32.2. The molecule has 1 aromatic rings. The van der Waals surface area contributed by atoms with Gasteiger partial charge in [0.05, 0.1) is 12.8 Å². The van der Waals surface area contributed by atoms with Crippen LogP contribution in [0.5, 0.6) is 5.75 Å². The largest absolute Gasteiger partial charge is 0.495 e. The number of nitrogens with zero attached hydrogens (tertiary/aromatic N) is 1. The number of thioether (sulfide) groups is 1. The molecule has 0 fully saturated rings. The van der Waals surface area contributed by atoms with Crippen LogP contribution in [0.4, 0.5) is 5.69 Å². The molecule has 0 spiro atoms. The zero-order valence-corrected chi connectivity index (χ0v) is 12.8. The predicted molar refractivity (Wildman–Crippen MR) is 82.0 cm³/mol. The van der Waals surface area contributed by atoms with Crippen LogP contribution in [0.2, 0.25) is 0 Å². The van der Waals surface area contributed by atoms with E-state index in [2.05, 4.69) is 6.92 Å². The van der Waals surface area contributed by atoms with Crippen molar-refractivity contribution in [2.45, 2.75) is 19.4 Å². The van der Waals surface area contributed by atoms with E-state index in [9.17, 15) is 4.79 Å². The van der Waals surface area contributed by atoms with Gasteiger partial charge in [-0.2, -0.15) is 11.8 Å². The summed E-state index contributed by atoms with van der Waals surface area (Å²) in [7, 11) is 3.40. The molecule has 1 amide bonds. The smallest absolute Gasteiger partial charge is 0.253 e. The number of rotatable bonds is 6. The molecule has 2 N–H and O–H groups in total. The lowest BCUT2D eigenvalue weighted by molar-refractivity contribution is 0.0743. The molecule has 1 aromatic carbocycles. The van der Waals surface area contributed by atoms with Crippen molar-refractivity contribution in [2.24, 2.45) is 0 Å². The molecule has 0 radical (unpaired) electrons. The van der Waals surface area contributed by atoms with Crippen LogP contribution in [-0.2, 0) is 0 Å². The number of hydrogen-bond acceptors (Lipinski definition) is 4. The lowest BCUT2D eigenvalue weighted by Gasteiger charge is -2.27. The van der Waals surface area contributed by atoms with Gasteiger partial charge >= 0.3 is 0 Å². The number of hydrogen-bond donors (Lipinski definition) is 1. The van der Waals surface area contributed by atoms with E-state index < -0.39 is 0 Å². The van der Waals surface area contributed by atoms with Crippen molar-refractivity contribution < 1.29 is 9.53 Å². The lowest BCUT2D eigenvalue weighted by atomic mass is 10.1. The van der Waals surface area contributed by atoms with Crippen molar-refractivity contribution >= 4 is 23.4 Å². The Hall–Kier alpha value is -1.36. The lowest BCUT2D eigenvalue weighted by Crippen LogP contribution is -2.38. The number of carbonyl (C=O) groups is 1. The van der Waals surface area contributed by atoms with Gasteiger partial charge in [-0.25, -0.2) is 0 Å². The highest BCUT2D eigenvalue weighted by molar-refractivity contribution is 7.98. The van der Waals surface area contributed by atoms with Crippen LogP contribution in [-0.4, -0.2) is 43.0 Å². The van der Waals surface area contributed by atoms with Crippen molar-refractivity contribution in [3.8, 4) is 5.75 Å². The molecular weight excluding hydrogens is 260 g/mol. The van der Waals surface area contributed by atoms with Crippen LogP contribution in [0.1, 0.15) is 23.7 Å². The van der Waals surface area contributed by atoms with Crippen molar-refractivity contribution in [3.05, 3.63) is 23.8 Å². The molecule has 0 bridgehead atoms. The minimum Gasteiger partial charge on any atom is -0.495 e. The minimum absolute atomic E-state index is 0.00440. The van der Waals surface area contributed by atoms with E-state index in [4.69, 9.17) is 10.5 Å². The van der Waals surface area contributed by atoms with Crippen LogP contribution in [0.3, 0.4) is 0 Å². The summed E-state index contributed by atoms with van der Waals surface area (Å²) in [6, 6.07) is 5.39. The second kappa shape index (κ2) is 7.28. The van der Waals surface area contributed by atoms with Crippen LogP contribution >= 0.6 is 11.8 Å². The third kappa shape index (κ3) is 3.80. The van der Waals surface area contributed by atoms with E-state index >= 15 is 0 Å². The fraction of sp³-hybridized carbons (Fsp3) is 0.500. The first-order valence-electron chi connectivity index (χ1n) is 6.24. The van der Waals surface area contributed by atoms with E-state index in [-0.39, 0.29) is 11.9 Å². The van der Waals surface area contributed by atoms with Gasteiger partial charge in [-0.05, 0) is 30.9 Å². The number of amides is 1. The molecule has 0 aromatic heterocycles. The standard InChI is InChI=1S/C14H22N2O2S/c1-5-11(9-19-4)16(2)14(17)10-6-7-13(18-3)12(15)8-10/h6-8,11H,5,9,15H2,1-4H3. The maximum atomic E-state index is 12.4. The van der Waals surface area contributed by atoms with E-state index in [1.54, 1.807) is 42.0 Å². The minimum atomic E-state index is -0.00440. The first-order valence-corrected chi connectivity index (χ1v) is 7.64. The first kappa shape index (κ1) is 15.7. The number of methoxy groups -OCH3 is 1. The fourth-order valence-corrected chi connectivity index (χ4v) is 2.78. The normalized spacial score (nSPS) is 12.0. The van der Waals surface area contributed by atoms with E-state index in [1.165, 1.54) is 0 Å². The summed E-state index contributed by atoms with van der Waals surface area (Å²) < 4.78 is 5.09. The Labute approximate surface area is 119 Å². The number of nitrogens with two attached hydrogens (primary N) is 1. The Morgan fingerprint density at radius 3 is 2.68 bits per heavy atom. The highest BCUT2D eigenvalue weighted by Crippen LogP contribution is 2.23. The molecule has 0 heterocycles. The summed E-state index contributed by atoms with van der Waals surface area (Å²) >= 11 is 1.75. The number of ether oxygens (including phenoxy) is 1. The van der Waals surface area contributed by atoms with Gasteiger partial charge in [0.25, 0.3) is 5.91 Å². The van der Waals surface area contributed by atoms with Gasteiger partial charge in [0.2, 0.25) is 0 Å². The van der Waals surface area contributed by atoms with E-state index in [1.807, 2.05) is 13.3 Å². The summed E-state index contributed by atoms with van der Waals surface area (Å²) in [5.74, 6) is 1.52. The zero-order valence-electron chi connectivity index (χ0n) is 12.0. The molecule has 19 heavy (non-hydrogen) atoms. The molecule has 0 saturated heterocycles. The van der Waals surface area contributed by atoms with Crippen molar-refractivity contribution in [1.29, 1.82) is 0 Å². The first-order chi connectivity index (χ1) is 9.04. The van der Waals surface area contributed by atoms with Crippen LogP contribution in [0, 0.1) is 0 Å². The van der Waals surface area contributed by atoms with Crippen LogP contribution < -0.4 is 10.5 Å². The summed E-state index contributed by atoms with van der Waals surface area (Å²) in [6.45, 7) is 2.09. The highest BCUT2D eigenvalue weighted by Gasteiger charge is 2.19. The second-order valence-electron chi connectivity index (χ2n) is 4.39. The average Bonchev–Trinajstić information content (AvgIpc) is 2.43. The number of anilines is 1. The van der Waals surface area contributed by atoms with Gasteiger partial charge in [-0.3, -0.25) is 4.79 Å². The fourth-order valence-electron chi connectivity index (χ4n) is 1.93. The van der Waals surface area contributed by atoms with Crippen molar-refractivity contribution in [2.75, 3.05) is 31.9 Å². The monoisotopic (exact) mass is 282 g/mol. The van der Waals surface area contributed by atoms with E-state index in [0.717, 1.165) is 12.2 Å². The molecule has 5 heteroatoms. The molecule has 4 nitrogen and oxygen atoms in total. The Balaban J connectivity index is 2.90. The maximum absolute atomic E-state index is 12.4. The molecule has 0 aliphatic carbocycles. The maximum Gasteiger partial charge on any atom is 0.253 e. The molecule has 0 saturated carbocycles. The molecule has 1 atom stereocenters. The van der Waals surface area contributed by atoms with Gasteiger partial charge in [-0.1, -0.05) is 6.92 Å². The van der Waals surface area contributed by atoms with Crippen LogP contribution in [0.25, 0.3) is 0 Å². The second-order valence-corrected chi connectivity index (χ2v) is 5.30.